The van der Waals surface area contributed by atoms with Gasteiger partial charge in [-0.2, -0.15) is 0 Å². The molecule has 0 radical (unpaired) electrons. The third-order valence-electron chi connectivity index (χ3n) is 3.13. The zero-order valence-electron chi connectivity index (χ0n) is 12.8. The normalized spacial score (nSPS) is 13.5. The van der Waals surface area contributed by atoms with Gasteiger partial charge in [0.1, 0.15) is 5.75 Å². The molecular formula is C15H15N3O3S3. The van der Waals surface area contributed by atoms with Crippen molar-refractivity contribution in [2.45, 2.75) is 4.21 Å². The van der Waals surface area contributed by atoms with E-state index in [0.29, 0.717) is 9.34 Å². The molecule has 0 aliphatic carbocycles. The van der Waals surface area contributed by atoms with Crippen LogP contribution < -0.4 is 14.8 Å². The van der Waals surface area contributed by atoms with Gasteiger partial charge in [-0.05, 0) is 35.5 Å². The molecular weight excluding hydrogens is 366 g/mol. The van der Waals surface area contributed by atoms with E-state index in [4.69, 9.17) is 4.74 Å². The zero-order valence-corrected chi connectivity index (χ0v) is 15.2. The summed E-state index contributed by atoms with van der Waals surface area (Å²) in [5.74, 6) is 4.08. The van der Waals surface area contributed by atoms with Crippen LogP contribution in [-0.2, 0) is 14.5 Å². The molecule has 0 aliphatic heterocycles. The number of amides is 1. The van der Waals surface area contributed by atoms with Crippen molar-refractivity contribution in [2.75, 3.05) is 19.0 Å². The van der Waals surface area contributed by atoms with Crippen LogP contribution in [0.1, 0.15) is 0 Å². The number of rotatable bonds is 6. The van der Waals surface area contributed by atoms with Gasteiger partial charge in [-0.3, -0.25) is 4.79 Å². The first-order valence-electron chi connectivity index (χ1n) is 6.88. The van der Waals surface area contributed by atoms with Crippen molar-refractivity contribution in [3.8, 4) is 5.75 Å². The Bertz CT molecular complexity index is 962. The molecule has 0 bridgehead atoms. The molecule has 2 N–H and O–H groups in total. The molecule has 6 nitrogen and oxygen atoms in total. The molecule has 2 aromatic heterocycles. The number of nitrogens with zero attached hydrogens (tertiary/aromatic N) is 1. The van der Waals surface area contributed by atoms with E-state index in [9.17, 15) is 9.00 Å². The van der Waals surface area contributed by atoms with Crippen LogP contribution in [0.2, 0.25) is 0 Å². The molecule has 126 valence electrons. The number of thiophene rings is 1. The standard InChI is InChI=1S/C15H15N3O3S3/c1-21-10-5-6-11-12(8-10)23-15(17-11)18-13(19)9-16-24(2,20)14-4-3-7-22-14/h3-8H,2,9H2,1H3,(H,16,20)(H,17,18,19). The van der Waals surface area contributed by atoms with Crippen molar-refractivity contribution in [2.24, 2.45) is 0 Å². The van der Waals surface area contributed by atoms with E-state index in [-0.39, 0.29) is 12.5 Å². The Balaban J connectivity index is 1.65. The Labute approximate surface area is 147 Å². The van der Waals surface area contributed by atoms with Crippen LogP contribution in [-0.4, -0.2) is 34.6 Å². The molecule has 0 aliphatic rings. The van der Waals surface area contributed by atoms with Gasteiger partial charge in [0.25, 0.3) is 0 Å². The number of thiazole rings is 1. The van der Waals surface area contributed by atoms with Crippen molar-refractivity contribution in [1.29, 1.82) is 0 Å². The van der Waals surface area contributed by atoms with Crippen molar-refractivity contribution in [1.82, 2.24) is 9.71 Å². The van der Waals surface area contributed by atoms with Crippen LogP contribution >= 0.6 is 22.7 Å². The Morgan fingerprint density at radius 2 is 2.25 bits per heavy atom. The summed E-state index contributed by atoms with van der Waals surface area (Å²) in [6.07, 6.45) is 0. The average Bonchev–Trinajstić information content (AvgIpc) is 3.21. The average molecular weight is 382 g/mol. The number of benzene rings is 1. The maximum Gasteiger partial charge on any atom is 0.241 e. The predicted octanol–water partition coefficient (Wildman–Crippen LogP) is 2.58. The molecule has 3 rings (SSSR count). The van der Waals surface area contributed by atoms with Gasteiger partial charge in [-0.1, -0.05) is 17.4 Å². The van der Waals surface area contributed by atoms with Gasteiger partial charge in [0.2, 0.25) is 5.91 Å². The van der Waals surface area contributed by atoms with Gasteiger partial charge < -0.3 is 10.1 Å². The Kier molecular flexibility index (Phi) is 4.86. The second kappa shape index (κ2) is 6.89. The third kappa shape index (κ3) is 3.75. The summed E-state index contributed by atoms with van der Waals surface area (Å²) in [5.41, 5.74) is 0.781. The van der Waals surface area contributed by atoms with Crippen LogP contribution in [0.15, 0.2) is 39.9 Å². The maximum absolute atomic E-state index is 12.4. The molecule has 1 amide bonds. The van der Waals surface area contributed by atoms with E-state index in [1.54, 1.807) is 19.2 Å². The summed E-state index contributed by atoms with van der Waals surface area (Å²) >= 11 is 2.69. The summed E-state index contributed by atoms with van der Waals surface area (Å²) in [6.45, 7) is -0.112. The first-order chi connectivity index (χ1) is 11.5. The number of carbonyl (C=O) groups excluding carboxylic acids is 1. The molecule has 0 saturated carbocycles. The van der Waals surface area contributed by atoms with E-state index in [0.717, 1.165) is 16.0 Å². The van der Waals surface area contributed by atoms with E-state index in [1.807, 2.05) is 23.6 Å². The number of nitrogens with one attached hydrogen (secondary N) is 2. The van der Waals surface area contributed by atoms with Crippen molar-refractivity contribution < 1.29 is 13.7 Å². The zero-order chi connectivity index (χ0) is 17.2. The van der Waals surface area contributed by atoms with Crippen LogP contribution in [0.5, 0.6) is 5.75 Å². The molecule has 2 heterocycles. The fourth-order valence-corrected chi connectivity index (χ4v) is 5.08. The summed E-state index contributed by atoms with van der Waals surface area (Å²) in [6, 6.07) is 9.03. The SMILES string of the molecule is C=S(=O)(NCC(=O)Nc1nc2ccc(OC)cc2s1)c1cccs1. The van der Waals surface area contributed by atoms with E-state index < -0.39 is 9.71 Å². The second-order valence-corrected chi connectivity index (χ2v) is 9.15. The Morgan fingerprint density at radius 1 is 1.42 bits per heavy atom. The molecule has 0 spiro atoms. The Morgan fingerprint density at radius 3 is 2.96 bits per heavy atom. The molecule has 0 fully saturated rings. The number of fused-ring (bicyclic) bond motifs is 1. The number of aromatic nitrogens is 1. The lowest BCUT2D eigenvalue weighted by Crippen LogP contribution is -2.32. The van der Waals surface area contributed by atoms with E-state index in [1.165, 1.54) is 22.7 Å². The maximum atomic E-state index is 12.4. The highest BCUT2D eigenvalue weighted by atomic mass is 32.2. The molecule has 24 heavy (non-hydrogen) atoms. The number of ether oxygens (including phenoxy) is 1. The lowest BCUT2D eigenvalue weighted by Gasteiger charge is -2.08. The quantitative estimate of drug-likeness (QED) is 0.643. The molecule has 9 heteroatoms. The number of hydrogen-bond acceptors (Lipinski definition) is 6. The number of carbonyl (C=O) groups is 1. The monoisotopic (exact) mass is 381 g/mol. The number of methoxy groups -OCH3 is 1. The summed E-state index contributed by atoms with van der Waals surface area (Å²) < 4.78 is 21.8. The highest BCUT2D eigenvalue weighted by molar-refractivity contribution is 8.00. The summed E-state index contributed by atoms with van der Waals surface area (Å²) in [7, 11) is -1.07. The fraction of sp³-hybridized carbons (Fsp3) is 0.133. The van der Waals surface area contributed by atoms with Crippen LogP contribution in [0.4, 0.5) is 5.13 Å². The van der Waals surface area contributed by atoms with Gasteiger partial charge >= 0.3 is 0 Å². The highest BCUT2D eigenvalue weighted by Gasteiger charge is 2.12. The minimum absolute atomic E-state index is 0.112. The molecule has 1 unspecified atom stereocenters. The van der Waals surface area contributed by atoms with Crippen molar-refractivity contribution in [3.63, 3.8) is 0 Å². The van der Waals surface area contributed by atoms with Gasteiger partial charge in [-0.15, -0.1) is 11.3 Å². The van der Waals surface area contributed by atoms with Gasteiger partial charge in [-0.25, -0.2) is 13.9 Å². The Hall–Kier alpha value is -1.94. The topological polar surface area (TPSA) is 80.3 Å². The molecule has 1 atom stereocenters. The van der Waals surface area contributed by atoms with E-state index >= 15 is 0 Å². The molecule has 3 aromatic rings. The van der Waals surface area contributed by atoms with Crippen molar-refractivity contribution in [3.05, 3.63) is 35.7 Å². The number of hydrogen-bond donors (Lipinski definition) is 2. The minimum atomic E-state index is -2.66. The highest BCUT2D eigenvalue weighted by Crippen LogP contribution is 2.29. The smallest absolute Gasteiger partial charge is 0.241 e. The molecule has 1 aromatic carbocycles. The summed E-state index contributed by atoms with van der Waals surface area (Å²) in [4.78, 5) is 16.4. The van der Waals surface area contributed by atoms with Crippen LogP contribution in [0.25, 0.3) is 10.2 Å². The summed E-state index contributed by atoms with van der Waals surface area (Å²) in [5, 5.41) is 5.00. The first-order valence-corrected chi connectivity index (χ1v) is 10.3. The van der Waals surface area contributed by atoms with E-state index in [2.05, 4.69) is 20.9 Å². The van der Waals surface area contributed by atoms with Gasteiger partial charge in [0.05, 0.1) is 37.8 Å². The third-order valence-corrected chi connectivity index (χ3v) is 7.22. The lowest BCUT2D eigenvalue weighted by atomic mass is 10.3. The van der Waals surface area contributed by atoms with Gasteiger partial charge in [0.15, 0.2) is 5.13 Å². The van der Waals surface area contributed by atoms with Crippen LogP contribution in [0, 0.1) is 0 Å². The lowest BCUT2D eigenvalue weighted by molar-refractivity contribution is -0.115. The minimum Gasteiger partial charge on any atom is -0.497 e. The first kappa shape index (κ1) is 16.9. The van der Waals surface area contributed by atoms with Gasteiger partial charge in [0, 0.05) is 0 Å². The number of anilines is 1. The molecule has 0 saturated heterocycles. The van der Waals surface area contributed by atoms with Crippen LogP contribution in [0.3, 0.4) is 0 Å². The predicted molar refractivity (Wildman–Crippen MR) is 101 cm³/mol. The van der Waals surface area contributed by atoms with Crippen molar-refractivity contribution >= 4 is 59.5 Å². The fourth-order valence-electron chi connectivity index (χ4n) is 1.95. The second-order valence-electron chi connectivity index (χ2n) is 4.83. The largest absolute Gasteiger partial charge is 0.497 e.